The Balaban J connectivity index is 1.95. The van der Waals surface area contributed by atoms with Crippen molar-refractivity contribution < 1.29 is 4.74 Å². The molecule has 0 amide bonds. The Hall–Kier alpha value is -1.70. The number of thiazole rings is 1. The highest BCUT2D eigenvalue weighted by Gasteiger charge is 2.00. The number of ether oxygens (including phenoxy) is 1. The third-order valence-corrected chi connectivity index (χ3v) is 3.26. The maximum Gasteiger partial charge on any atom is 0.183 e. The van der Waals surface area contributed by atoms with Crippen LogP contribution in [0.25, 0.3) is 0 Å². The van der Waals surface area contributed by atoms with E-state index in [-0.39, 0.29) is 6.61 Å². The molecule has 18 heavy (non-hydrogen) atoms. The topological polar surface area (TPSA) is 34.1 Å². The standard InChI is InChI=1S/C13H11ClN2OS/c1-2-6-17-11-5-3-4-10(7-11)15-8-12-9-16-13(14)18-12/h1,3-5,7,9,15H,6,8H2. The zero-order valence-electron chi connectivity index (χ0n) is 9.52. The van der Waals surface area contributed by atoms with Gasteiger partial charge in [-0.15, -0.1) is 17.8 Å². The Morgan fingerprint density at radius 1 is 1.50 bits per heavy atom. The second kappa shape index (κ2) is 6.29. The van der Waals surface area contributed by atoms with Crippen molar-refractivity contribution in [2.75, 3.05) is 11.9 Å². The van der Waals surface area contributed by atoms with Gasteiger partial charge in [-0.1, -0.05) is 23.6 Å². The van der Waals surface area contributed by atoms with Gasteiger partial charge >= 0.3 is 0 Å². The highest BCUT2D eigenvalue weighted by Crippen LogP contribution is 2.21. The average Bonchev–Trinajstić information content (AvgIpc) is 2.80. The number of rotatable bonds is 5. The molecule has 0 aliphatic rings. The lowest BCUT2D eigenvalue weighted by Gasteiger charge is -2.07. The largest absolute Gasteiger partial charge is 0.481 e. The van der Waals surface area contributed by atoms with E-state index in [1.54, 1.807) is 6.20 Å². The van der Waals surface area contributed by atoms with Crippen LogP contribution in [-0.4, -0.2) is 11.6 Å². The summed E-state index contributed by atoms with van der Waals surface area (Å²) in [6, 6.07) is 7.64. The van der Waals surface area contributed by atoms with Crippen LogP contribution in [-0.2, 0) is 6.54 Å². The van der Waals surface area contributed by atoms with Crippen LogP contribution in [0, 0.1) is 12.3 Å². The van der Waals surface area contributed by atoms with Crippen LogP contribution in [0.15, 0.2) is 30.5 Å². The first kappa shape index (κ1) is 12.7. The van der Waals surface area contributed by atoms with Crippen LogP contribution >= 0.6 is 22.9 Å². The molecule has 2 aromatic rings. The monoisotopic (exact) mass is 278 g/mol. The molecule has 0 spiro atoms. The molecule has 2 rings (SSSR count). The fourth-order valence-corrected chi connectivity index (χ4v) is 2.29. The van der Waals surface area contributed by atoms with Crippen molar-refractivity contribution in [3.63, 3.8) is 0 Å². The minimum Gasteiger partial charge on any atom is -0.481 e. The number of nitrogens with zero attached hydrogens (tertiary/aromatic N) is 1. The number of hydrogen-bond acceptors (Lipinski definition) is 4. The Kier molecular flexibility index (Phi) is 4.46. The molecule has 1 aromatic heterocycles. The fourth-order valence-electron chi connectivity index (χ4n) is 1.38. The first-order valence-electron chi connectivity index (χ1n) is 5.28. The van der Waals surface area contributed by atoms with E-state index in [1.807, 2.05) is 24.3 Å². The SMILES string of the molecule is C#CCOc1cccc(NCc2cnc(Cl)s2)c1. The minimum atomic E-state index is 0.272. The number of benzene rings is 1. The minimum absolute atomic E-state index is 0.272. The summed E-state index contributed by atoms with van der Waals surface area (Å²) in [5.74, 6) is 3.18. The zero-order valence-corrected chi connectivity index (χ0v) is 11.1. The van der Waals surface area contributed by atoms with Crippen molar-refractivity contribution in [3.05, 3.63) is 39.8 Å². The van der Waals surface area contributed by atoms with Gasteiger partial charge in [0, 0.05) is 22.8 Å². The lowest BCUT2D eigenvalue weighted by Crippen LogP contribution is -1.98. The Bertz CT molecular complexity index is 562. The molecular formula is C13H11ClN2OS. The van der Waals surface area contributed by atoms with Gasteiger partial charge in [0.05, 0.1) is 6.54 Å². The second-order valence-corrected chi connectivity index (χ2v) is 5.15. The van der Waals surface area contributed by atoms with Crippen molar-refractivity contribution in [2.45, 2.75) is 6.54 Å². The molecule has 5 heteroatoms. The van der Waals surface area contributed by atoms with Crippen molar-refractivity contribution in [2.24, 2.45) is 0 Å². The summed E-state index contributed by atoms with van der Waals surface area (Å²) >= 11 is 7.22. The summed E-state index contributed by atoms with van der Waals surface area (Å²) in [5.41, 5.74) is 0.967. The Labute approximate surface area is 115 Å². The summed E-state index contributed by atoms with van der Waals surface area (Å²) in [5, 5.41) is 3.27. The van der Waals surface area contributed by atoms with Gasteiger partial charge in [0.1, 0.15) is 12.4 Å². The van der Waals surface area contributed by atoms with Crippen molar-refractivity contribution >= 4 is 28.6 Å². The zero-order chi connectivity index (χ0) is 12.8. The summed E-state index contributed by atoms with van der Waals surface area (Å²) in [7, 11) is 0. The van der Waals surface area contributed by atoms with Gasteiger partial charge in [-0.3, -0.25) is 0 Å². The molecule has 0 bridgehead atoms. The van der Waals surface area contributed by atoms with Gasteiger partial charge in [-0.25, -0.2) is 4.98 Å². The van der Waals surface area contributed by atoms with E-state index in [0.717, 1.165) is 16.3 Å². The van der Waals surface area contributed by atoms with Gasteiger partial charge in [-0.2, -0.15) is 0 Å². The van der Waals surface area contributed by atoms with E-state index in [1.165, 1.54) is 11.3 Å². The van der Waals surface area contributed by atoms with Crippen LogP contribution in [0.5, 0.6) is 5.75 Å². The van der Waals surface area contributed by atoms with Gasteiger partial charge in [0.2, 0.25) is 0 Å². The highest BCUT2D eigenvalue weighted by molar-refractivity contribution is 7.15. The molecule has 3 nitrogen and oxygen atoms in total. The maximum absolute atomic E-state index is 5.77. The number of aromatic nitrogens is 1. The normalized spacial score (nSPS) is 9.78. The van der Waals surface area contributed by atoms with Gasteiger partial charge in [0.15, 0.2) is 4.47 Å². The number of terminal acetylenes is 1. The molecule has 0 fully saturated rings. The summed E-state index contributed by atoms with van der Waals surface area (Å²) < 4.78 is 5.90. The average molecular weight is 279 g/mol. The molecule has 1 N–H and O–H groups in total. The van der Waals surface area contributed by atoms with Crippen LogP contribution in [0.1, 0.15) is 4.88 Å². The van der Waals surface area contributed by atoms with Crippen LogP contribution in [0.3, 0.4) is 0 Å². The molecule has 0 saturated carbocycles. The van der Waals surface area contributed by atoms with E-state index in [0.29, 0.717) is 11.0 Å². The van der Waals surface area contributed by atoms with E-state index < -0.39 is 0 Å². The molecule has 0 unspecified atom stereocenters. The number of halogens is 1. The molecular weight excluding hydrogens is 268 g/mol. The predicted molar refractivity (Wildman–Crippen MR) is 75.2 cm³/mol. The van der Waals surface area contributed by atoms with Crippen LogP contribution in [0.4, 0.5) is 5.69 Å². The summed E-state index contributed by atoms with van der Waals surface area (Å²) in [4.78, 5) is 5.06. The third kappa shape index (κ3) is 3.66. The van der Waals surface area contributed by atoms with Gasteiger partial charge in [0.25, 0.3) is 0 Å². The molecule has 0 saturated heterocycles. The number of hydrogen-bond donors (Lipinski definition) is 1. The van der Waals surface area contributed by atoms with Gasteiger partial charge in [-0.05, 0) is 12.1 Å². The molecule has 1 heterocycles. The Morgan fingerprint density at radius 2 is 2.39 bits per heavy atom. The van der Waals surface area contributed by atoms with Crippen molar-refractivity contribution in [3.8, 4) is 18.1 Å². The summed E-state index contributed by atoms with van der Waals surface area (Å²) in [6.07, 6.45) is 6.91. The third-order valence-electron chi connectivity index (χ3n) is 2.15. The lowest BCUT2D eigenvalue weighted by atomic mass is 10.3. The van der Waals surface area contributed by atoms with Crippen LogP contribution < -0.4 is 10.1 Å². The molecule has 0 aliphatic heterocycles. The lowest BCUT2D eigenvalue weighted by molar-refractivity contribution is 0.370. The van der Waals surface area contributed by atoms with Crippen molar-refractivity contribution in [1.82, 2.24) is 4.98 Å². The predicted octanol–water partition coefficient (Wildman–Crippen LogP) is 3.42. The maximum atomic E-state index is 5.77. The molecule has 92 valence electrons. The fraction of sp³-hybridized carbons (Fsp3) is 0.154. The smallest absolute Gasteiger partial charge is 0.183 e. The highest BCUT2D eigenvalue weighted by atomic mass is 35.5. The van der Waals surface area contributed by atoms with Crippen LogP contribution in [0.2, 0.25) is 4.47 Å². The van der Waals surface area contributed by atoms with E-state index in [2.05, 4.69) is 16.2 Å². The first-order chi connectivity index (χ1) is 8.78. The molecule has 0 radical (unpaired) electrons. The molecule has 0 aliphatic carbocycles. The van der Waals surface area contributed by atoms with Gasteiger partial charge < -0.3 is 10.1 Å². The number of anilines is 1. The number of nitrogens with one attached hydrogen (secondary N) is 1. The summed E-state index contributed by atoms with van der Waals surface area (Å²) in [6.45, 7) is 0.955. The van der Waals surface area contributed by atoms with E-state index >= 15 is 0 Å². The Morgan fingerprint density at radius 3 is 3.11 bits per heavy atom. The molecule has 1 aromatic carbocycles. The van der Waals surface area contributed by atoms with E-state index in [4.69, 9.17) is 22.8 Å². The second-order valence-electron chi connectivity index (χ2n) is 3.45. The van der Waals surface area contributed by atoms with E-state index in [9.17, 15) is 0 Å². The van der Waals surface area contributed by atoms with Crippen molar-refractivity contribution in [1.29, 1.82) is 0 Å². The molecule has 0 atom stereocenters. The quantitative estimate of drug-likeness (QED) is 0.851. The first-order valence-corrected chi connectivity index (χ1v) is 6.48.